The Bertz CT molecular complexity index is 773. The average Bonchev–Trinajstić information content (AvgIpc) is 3.23. The van der Waals surface area contributed by atoms with E-state index < -0.39 is 10.2 Å². The molecule has 3 aliphatic rings. The zero-order chi connectivity index (χ0) is 19.1. The van der Waals surface area contributed by atoms with Gasteiger partial charge in [0.25, 0.3) is 0 Å². The number of hydrogen-bond donors (Lipinski definition) is 0. The van der Waals surface area contributed by atoms with Gasteiger partial charge >= 0.3 is 0 Å². The molecule has 2 aromatic rings. The molecular weight excluding hydrogens is 366 g/mol. The number of halogens is 1. The van der Waals surface area contributed by atoms with E-state index in [-0.39, 0.29) is 0 Å². The van der Waals surface area contributed by atoms with Crippen molar-refractivity contribution in [1.82, 2.24) is 0 Å². The lowest BCUT2D eigenvalue weighted by Gasteiger charge is -2.30. The monoisotopic (exact) mass is 389 g/mol. The molecule has 0 N–H and O–H groups in total. The van der Waals surface area contributed by atoms with E-state index in [9.17, 15) is 0 Å². The molecule has 0 amide bonds. The lowest BCUT2D eigenvalue weighted by Crippen LogP contribution is -2.68. The zero-order valence-corrected chi connectivity index (χ0v) is 16.0. The van der Waals surface area contributed by atoms with Crippen LogP contribution in [0.1, 0.15) is 30.4 Å². The van der Waals surface area contributed by atoms with Crippen molar-refractivity contribution in [2.24, 2.45) is 0 Å². The van der Waals surface area contributed by atoms with E-state index in [2.05, 4.69) is 48.5 Å². The van der Waals surface area contributed by atoms with Gasteiger partial charge in [0.05, 0.1) is 13.1 Å². The van der Waals surface area contributed by atoms with Gasteiger partial charge in [-0.05, 0) is 41.5 Å². The van der Waals surface area contributed by atoms with Crippen molar-refractivity contribution >= 4 is 0 Å². The minimum Gasteiger partial charge on any atom is -0.308 e. The first-order valence-corrected chi connectivity index (χ1v) is 10.7. The number of rotatable bonds is 0. The summed E-state index contributed by atoms with van der Waals surface area (Å²) in [6, 6.07) is 18.3. The summed E-state index contributed by atoms with van der Waals surface area (Å²) in [4.78, 5) is 0. The average molecular weight is 390 g/mol. The highest BCUT2D eigenvalue weighted by Gasteiger charge is 2.68. The molecule has 0 radical (unpaired) electrons. The molecule has 6 heteroatoms. The Balaban J connectivity index is 0.000000323. The SMILES string of the molecule is [O-][Cl+3]([O-])([O-])[O-].c1ccc2c(c1)CC1(Cc3ccccc3-2)C[N+]12CCCCC2. The Morgan fingerprint density at radius 2 is 1.15 bits per heavy atom. The third kappa shape index (κ3) is 3.76. The highest BCUT2D eigenvalue weighted by molar-refractivity contribution is 5.72. The van der Waals surface area contributed by atoms with Crippen LogP contribution in [-0.4, -0.2) is 29.7 Å². The molecule has 0 saturated carbocycles. The molecule has 27 heavy (non-hydrogen) atoms. The fourth-order valence-corrected chi connectivity index (χ4v) is 5.37. The quantitative estimate of drug-likeness (QED) is 0.446. The van der Waals surface area contributed by atoms with Crippen LogP contribution in [0.15, 0.2) is 48.5 Å². The fourth-order valence-electron chi connectivity index (χ4n) is 5.37. The van der Waals surface area contributed by atoms with Crippen LogP contribution in [0.3, 0.4) is 0 Å². The molecule has 144 valence electrons. The van der Waals surface area contributed by atoms with Crippen molar-refractivity contribution in [2.45, 2.75) is 37.6 Å². The first-order chi connectivity index (χ1) is 12.8. The van der Waals surface area contributed by atoms with Crippen LogP contribution in [0, 0.1) is 10.2 Å². The summed E-state index contributed by atoms with van der Waals surface area (Å²) in [6.07, 6.45) is 6.87. The molecule has 0 aromatic heterocycles. The normalized spacial score (nSPS) is 21.5. The molecule has 2 aromatic carbocycles. The molecule has 5 rings (SSSR count). The highest BCUT2D eigenvalue weighted by Crippen LogP contribution is 2.53. The van der Waals surface area contributed by atoms with Gasteiger partial charge in [0.2, 0.25) is 0 Å². The lowest BCUT2D eigenvalue weighted by molar-refractivity contribution is -2.00. The molecule has 0 bridgehead atoms. The van der Waals surface area contributed by atoms with Crippen LogP contribution in [0.25, 0.3) is 11.1 Å². The van der Waals surface area contributed by atoms with Gasteiger partial charge in [-0.1, -0.05) is 48.5 Å². The van der Waals surface area contributed by atoms with Gasteiger partial charge in [-0.3, -0.25) is 0 Å². The van der Waals surface area contributed by atoms with E-state index in [1.807, 2.05) is 0 Å². The topological polar surface area (TPSA) is 92.2 Å². The second-order valence-electron chi connectivity index (χ2n) is 8.08. The van der Waals surface area contributed by atoms with Crippen molar-refractivity contribution in [3.63, 3.8) is 0 Å². The van der Waals surface area contributed by atoms with Crippen molar-refractivity contribution < 1.29 is 33.4 Å². The summed E-state index contributed by atoms with van der Waals surface area (Å²) in [7, 11) is -4.94. The van der Waals surface area contributed by atoms with E-state index in [0.29, 0.717) is 5.54 Å². The summed E-state index contributed by atoms with van der Waals surface area (Å²) in [5.41, 5.74) is 6.62. The number of benzene rings is 2. The molecule has 0 unspecified atom stereocenters. The maximum absolute atomic E-state index is 8.49. The summed E-state index contributed by atoms with van der Waals surface area (Å²) in [6.45, 7) is 4.25. The Labute approximate surface area is 161 Å². The Kier molecular flexibility index (Phi) is 4.79. The molecule has 0 atom stereocenters. The van der Waals surface area contributed by atoms with Crippen LogP contribution in [-0.2, 0) is 12.8 Å². The van der Waals surface area contributed by atoms with Gasteiger partial charge < -0.3 is 4.48 Å². The fraction of sp³-hybridized carbons (Fsp3) is 0.429. The number of quaternary nitrogens is 1. The van der Waals surface area contributed by atoms with Gasteiger partial charge in [-0.2, -0.15) is 0 Å². The zero-order valence-electron chi connectivity index (χ0n) is 15.2. The summed E-state index contributed by atoms with van der Waals surface area (Å²) in [5.74, 6) is 0. The Morgan fingerprint density at radius 1 is 0.704 bits per heavy atom. The van der Waals surface area contributed by atoms with Crippen molar-refractivity contribution in [3.8, 4) is 11.1 Å². The van der Waals surface area contributed by atoms with Crippen molar-refractivity contribution in [1.29, 1.82) is 0 Å². The Morgan fingerprint density at radius 3 is 1.63 bits per heavy atom. The maximum Gasteiger partial charge on any atom is 0.157 e. The van der Waals surface area contributed by atoms with Crippen molar-refractivity contribution in [3.05, 3.63) is 59.7 Å². The van der Waals surface area contributed by atoms with E-state index in [4.69, 9.17) is 18.6 Å². The molecule has 2 heterocycles. The highest BCUT2D eigenvalue weighted by atomic mass is 35.7. The van der Waals surface area contributed by atoms with Crippen molar-refractivity contribution in [2.75, 3.05) is 19.6 Å². The van der Waals surface area contributed by atoms with E-state index in [1.165, 1.54) is 67.3 Å². The van der Waals surface area contributed by atoms with E-state index >= 15 is 0 Å². The lowest BCUT2D eigenvalue weighted by atomic mass is 9.93. The summed E-state index contributed by atoms with van der Waals surface area (Å²) < 4.78 is 35.4. The van der Waals surface area contributed by atoms with Gasteiger partial charge in [-0.15, -0.1) is 10.2 Å². The number of piperidine rings is 1. The standard InChI is InChI=1S/C21H24N.ClHO4/c1-6-12-22(13-7-1)16-21(22)14-17-8-2-4-10-19(17)20-11-5-3-9-18(20)15-21;2-1(3,4)5/h2-5,8-11H,1,6-7,12-16H2;(H,2,3,4,5)/q+1;/p-1. The molecule has 2 spiro atoms. The summed E-state index contributed by atoms with van der Waals surface area (Å²) in [5, 5.41) is 0. The molecule has 2 fully saturated rings. The number of hydrogen-bond acceptors (Lipinski definition) is 4. The second kappa shape index (κ2) is 6.85. The number of nitrogens with zero attached hydrogens (tertiary/aromatic N) is 1. The molecule has 1 aliphatic carbocycles. The predicted molar refractivity (Wildman–Crippen MR) is 90.7 cm³/mol. The molecule has 5 nitrogen and oxygen atoms in total. The first-order valence-electron chi connectivity index (χ1n) is 9.46. The van der Waals surface area contributed by atoms with E-state index in [0.717, 1.165) is 0 Å². The Hall–Kier alpha value is -1.47. The third-order valence-corrected chi connectivity index (χ3v) is 6.54. The van der Waals surface area contributed by atoms with Gasteiger partial charge in [0.15, 0.2) is 5.54 Å². The molecule has 2 saturated heterocycles. The van der Waals surface area contributed by atoms with Gasteiger partial charge in [0.1, 0.15) is 6.54 Å². The van der Waals surface area contributed by atoms with Crippen LogP contribution >= 0.6 is 0 Å². The molecular formula is C21H24ClNO4. The van der Waals surface area contributed by atoms with Crippen LogP contribution < -0.4 is 18.6 Å². The molecule has 2 aliphatic heterocycles. The van der Waals surface area contributed by atoms with Crippen LogP contribution in [0.5, 0.6) is 0 Å². The number of fused-ring (bicyclic) bond motifs is 4. The first kappa shape index (κ1) is 18.9. The van der Waals surface area contributed by atoms with E-state index in [1.54, 1.807) is 11.1 Å². The van der Waals surface area contributed by atoms with Crippen LogP contribution in [0.4, 0.5) is 0 Å². The minimum atomic E-state index is -4.94. The smallest absolute Gasteiger partial charge is 0.157 e. The second-order valence-corrected chi connectivity index (χ2v) is 8.84. The minimum absolute atomic E-state index is 0.503. The summed E-state index contributed by atoms with van der Waals surface area (Å²) >= 11 is 0. The van der Waals surface area contributed by atoms with Gasteiger partial charge in [0, 0.05) is 12.8 Å². The van der Waals surface area contributed by atoms with Gasteiger partial charge in [-0.25, -0.2) is 18.6 Å². The third-order valence-electron chi connectivity index (χ3n) is 6.54. The predicted octanol–water partition coefficient (Wildman–Crippen LogP) is -0.551. The largest absolute Gasteiger partial charge is 0.308 e. The van der Waals surface area contributed by atoms with Crippen LogP contribution in [0.2, 0.25) is 0 Å². The maximum atomic E-state index is 8.49.